The van der Waals surface area contributed by atoms with Gasteiger partial charge in [0.05, 0.1) is 17.9 Å². The van der Waals surface area contributed by atoms with E-state index < -0.39 is 5.92 Å². The molecule has 4 heterocycles. The van der Waals surface area contributed by atoms with Crippen LogP contribution in [0.3, 0.4) is 0 Å². The lowest BCUT2D eigenvalue weighted by atomic mass is 10.1. The highest BCUT2D eigenvalue weighted by Gasteiger charge is 2.35. The van der Waals surface area contributed by atoms with Crippen LogP contribution in [0.2, 0.25) is 0 Å². The number of furan rings is 1. The van der Waals surface area contributed by atoms with Gasteiger partial charge in [-0.25, -0.2) is 9.37 Å². The Labute approximate surface area is 186 Å². The van der Waals surface area contributed by atoms with E-state index in [2.05, 4.69) is 15.4 Å². The summed E-state index contributed by atoms with van der Waals surface area (Å²) in [5.74, 6) is -0.258. The minimum Gasteiger partial charge on any atom is -0.463 e. The zero-order chi connectivity index (χ0) is 22.2. The normalized spacial score (nSPS) is 16.0. The number of carbonyl (C=O) groups excluding carboxylic acids is 2. The Kier molecular flexibility index (Phi) is 5.06. The summed E-state index contributed by atoms with van der Waals surface area (Å²) in [6.45, 7) is 2.05. The van der Waals surface area contributed by atoms with Gasteiger partial charge in [0.1, 0.15) is 17.3 Å². The Morgan fingerprint density at radius 2 is 2.09 bits per heavy atom. The number of thiazole rings is 1. The number of anilines is 2. The maximum Gasteiger partial charge on any atom is 0.230 e. The molecule has 0 bridgehead atoms. The van der Waals surface area contributed by atoms with Gasteiger partial charge in [-0.1, -0.05) is 0 Å². The molecule has 4 aromatic rings. The number of nitrogens with one attached hydrogen (secondary N) is 1. The van der Waals surface area contributed by atoms with E-state index in [0.29, 0.717) is 33.8 Å². The average Bonchev–Trinajstić information content (AvgIpc) is 3.55. The van der Waals surface area contributed by atoms with Gasteiger partial charge < -0.3 is 14.6 Å². The smallest absolute Gasteiger partial charge is 0.230 e. The maximum absolute atomic E-state index is 13.2. The highest BCUT2D eigenvalue weighted by atomic mass is 32.1. The molecule has 32 heavy (non-hydrogen) atoms. The summed E-state index contributed by atoms with van der Waals surface area (Å²) in [5.41, 5.74) is 1.96. The second-order valence-corrected chi connectivity index (χ2v) is 8.28. The van der Waals surface area contributed by atoms with Crippen molar-refractivity contribution in [3.63, 3.8) is 0 Å². The summed E-state index contributed by atoms with van der Waals surface area (Å²) < 4.78 is 20.1. The standard InChI is InChI=1S/C22H18FN5O3S/c1-13-9-19(28(26-13)22-24-17(12-32-22)18-3-2-8-31-18)25-21(30)14-10-20(29)27(11-14)16-6-4-15(23)5-7-16/h2-9,12,14H,10-11H2,1H3,(H,25,30). The van der Waals surface area contributed by atoms with E-state index in [1.807, 2.05) is 18.4 Å². The molecular weight excluding hydrogens is 433 g/mol. The van der Waals surface area contributed by atoms with Gasteiger partial charge in [0, 0.05) is 30.1 Å². The summed E-state index contributed by atoms with van der Waals surface area (Å²) in [5, 5.41) is 9.76. The quantitative estimate of drug-likeness (QED) is 0.495. The van der Waals surface area contributed by atoms with Gasteiger partial charge in [-0.2, -0.15) is 9.78 Å². The van der Waals surface area contributed by atoms with Gasteiger partial charge in [0.2, 0.25) is 16.9 Å². The van der Waals surface area contributed by atoms with Crippen molar-refractivity contribution in [3.05, 3.63) is 65.6 Å². The van der Waals surface area contributed by atoms with E-state index >= 15 is 0 Å². The second-order valence-electron chi connectivity index (χ2n) is 7.45. The molecule has 1 aromatic carbocycles. The van der Waals surface area contributed by atoms with Crippen molar-refractivity contribution < 1.29 is 18.4 Å². The number of aryl methyl sites for hydroxylation is 1. The first kappa shape index (κ1) is 20.1. The third-order valence-electron chi connectivity index (χ3n) is 5.16. The number of carbonyl (C=O) groups is 2. The Morgan fingerprint density at radius 3 is 2.84 bits per heavy atom. The molecule has 0 spiro atoms. The summed E-state index contributed by atoms with van der Waals surface area (Å²) >= 11 is 1.37. The van der Waals surface area contributed by atoms with Crippen molar-refractivity contribution in [2.45, 2.75) is 13.3 Å². The van der Waals surface area contributed by atoms with Crippen LogP contribution in [0.1, 0.15) is 12.1 Å². The molecule has 0 aliphatic carbocycles. The lowest BCUT2D eigenvalue weighted by Gasteiger charge is -2.16. The molecule has 1 aliphatic heterocycles. The molecule has 1 fully saturated rings. The molecule has 162 valence electrons. The molecule has 0 saturated carbocycles. The largest absolute Gasteiger partial charge is 0.463 e. The van der Waals surface area contributed by atoms with Gasteiger partial charge in [-0.3, -0.25) is 9.59 Å². The predicted octanol–water partition coefficient (Wildman–Crippen LogP) is 4.03. The number of hydrogen-bond acceptors (Lipinski definition) is 6. The number of amides is 2. The van der Waals surface area contributed by atoms with E-state index in [1.165, 1.54) is 40.5 Å². The van der Waals surface area contributed by atoms with Crippen LogP contribution in [0, 0.1) is 18.7 Å². The number of rotatable bonds is 5. The fourth-order valence-corrected chi connectivity index (χ4v) is 4.39. The molecule has 1 unspecified atom stereocenters. The van der Waals surface area contributed by atoms with E-state index in [9.17, 15) is 14.0 Å². The first-order valence-corrected chi connectivity index (χ1v) is 10.8. The van der Waals surface area contributed by atoms with E-state index in [-0.39, 0.29) is 30.6 Å². The number of halogens is 1. The van der Waals surface area contributed by atoms with Crippen LogP contribution < -0.4 is 10.2 Å². The zero-order valence-electron chi connectivity index (χ0n) is 17.0. The maximum atomic E-state index is 13.2. The molecule has 1 N–H and O–H groups in total. The lowest BCUT2D eigenvalue weighted by molar-refractivity contribution is -0.122. The van der Waals surface area contributed by atoms with Gasteiger partial charge in [-0.15, -0.1) is 11.3 Å². The van der Waals surface area contributed by atoms with Crippen LogP contribution in [0.25, 0.3) is 16.6 Å². The zero-order valence-corrected chi connectivity index (χ0v) is 17.8. The van der Waals surface area contributed by atoms with E-state index in [0.717, 1.165) is 0 Å². The van der Waals surface area contributed by atoms with Crippen molar-refractivity contribution in [1.82, 2.24) is 14.8 Å². The fraction of sp³-hybridized carbons (Fsp3) is 0.182. The molecule has 10 heteroatoms. The van der Waals surface area contributed by atoms with Gasteiger partial charge in [-0.05, 0) is 43.3 Å². The Balaban J connectivity index is 1.33. The molecule has 3 aromatic heterocycles. The lowest BCUT2D eigenvalue weighted by Crippen LogP contribution is -2.28. The summed E-state index contributed by atoms with van der Waals surface area (Å²) in [6.07, 6.45) is 1.66. The topological polar surface area (TPSA) is 93.3 Å². The van der Waals surface area contributed by atoms with Crippen LogP contribution in [0.15, 0.2) is 58.5 Å². The van der Waals surface area contributed by atoms with Gasteiger partial charge in [0.15, 0.2) is 5.76 Å². The molecule has 1 saturated heterocycles. The van der Waals surface area contributed by atoms with Gasteiger partial charge in [0.25, 0.3) is 0 Å². The number of benzene rings is 1. The molecule has 1 atom stereocenters. The van der Waals surface area contributed by atoms with Crippen LogP contribution >= 0.6 is 11.3 Å². The highest BCUT2D eigenvalue weighted by molar-refractivity contribution is 7.12. The Morgan fingerprint density at radius 1 is 1.28 bits per heavy atom. The fourth-order valence-electron chi connectivity index (χ4n) is 3.62. The third-order valence-corrected chi connectivity index (χ3v) is 5.98. The molecule has 8 nitrogen and oxygen atoms in total. The molecule has 1 aliphatic rings. The van der Waals surface area contributed by atoms with Crippen LogP contribution in [0.4, 0.5) is 15.9 Å². The summed E-state index contributed by atoms with van der Waals surface area (Å²) in [6, 6.07) is 11.0. The Bertz CT molecular complexity index is 1280. The summed E-state index contributed by atoms with van der Waals surface area (Å²) in [4.78, 5) is 31.5. The van der Waals surface area contributed by atoms with Crippen molar-refractivity contribution in [2.75, 3.05) is 16.8 Å². The number of aromatic nitrogens is 3. The van der Waals surface area contributed by atoms with E-state index in [1.54, 1.807) is 23.1 Å². The third kappa shape index (κ3) is 3.80. The first-order chi connectivity index (χ1) is 15.5. The van der Waals surface area contributed by atoms with Crippen LogP contribution in [0.5, 0.6) is 0 Å². The predicted molar refractivity (Wildman–Crippen MR) is 117 cm³/mol. The molecular formula is C22H18FN5O3S. The number of hydrogen-bond donors (Lipinski definition) is 1. The average molecular weight is 451 g/mol. The van der Waals surface area contributed by atoms with Crippen LogP contribution in [-0.4, -0.2) is 33.1 Å². The first-order valence-electron chi connectivity index (χ1n) is 9.91. The minimum absolute atomic E-state index is 0.0796. The van der Waals surface area contributed by atoms with Gasteiger partial charge >= 0.3 is 0 Å². The monoisotopic (exact) mass is 451 g/mol. The number of nitrogens with zero attached hydrogens (tertiary/aromatic N) is 4. The molecule has 0 radical (unpaired) electrons. The molecule has 2 amide bonds. The second kappa shape index (κ2) is 8.04. The SMILES string of the molecule is Cc1cc(NC(=O)C2CC(=O)N(c3ccc(F)cc3)C2)n(-c2nc(-c3ccco3)cs2)n1. The Hall–Kier alpha value is -3.79. The van der Waals surface area contributed by atoms with Crippen molar-refractivity contribution in [3.8, 4) is 16.6 Å². The van der Waals surface area contributed by atoms with Crippen molar-refractivity contribution >= 4 is 34.7 Å². The highest BCUT2D eigenvalue weighted by Crippen LogP contribution is 2.29. The van der Waals surface area contributed by atoms with Crippen molar-refractivity contribution in [1.29, 1.82) is 0 Å². The van der Waals surface area contributed by atoms with Crippen molar-refractivity contribution in [2.24, 2.45) is 5.92 Å². The summed E-state index contributed by atoms with van der Waals surface area (Å²) in [7, 11) is 0. The molecule has 5 rings (SSSR count). The van der Waals surface area contributed by atoms with E-state index in [4.69, 9.17) is 4.42 Å². The minimum atomic E-state index is -0.536. The van der Waals surface area contributed by atoms with Crippen LogP contribution in [-0.2, 0) is 9.59 Å².